The Kier molecular flexibility index (Phi) is 29.4. The van der Waals surface area contributed by atoms with Crippen molar-refractivity contribution in [3.05, 3.63) is 71.3 Å². The van der Waals surface area contributed by atoms with E-state index in [4.69, 9.17) is 22.9 Å². The molecule has 0 aliphatic carbocycles. The van der Waals surface area contributed by atoms with E-state index < -0.39 is 32.5 Å². The third-order valence-electron chi connectivity index (χ3n) is 9.54. The number of aryl methyl sites for hydroxylation is 2. The van der Waals surface area contributed by atoms with Gasteiger partial charge in [0.1, 0.15) is 31.3 Å². The fraction of sp³-hybridized carbons (Fsp3) is 0.696. The summed E-state index contributed by atoms with van der Waals surface area (Å²) in [7, 11) is 1.08. The smallest absolute Gasteiger partial charge is 0.306 e. The van der Waals surface area contributed by atoms with Crippen LogP contribution in [-0.4, -0.2) is 81.2 Å². The molecule has 0 bridgehead atoms. The highest BCUT2D eigenvalue weighted by atomic mass is 31.2. The van der Waals surface area contributed by atoms with Gasteiger partial charge in [0, 0.05) is 25.7 Å². The molecule has 3 atom stereocenters. The molecule has 1 N–H and O–H groups in total. The Bertz CT molecular complexity index is 1420. The second-order valence-electron chi connectivity index (χ2n) is 16.2. The van der Waals surface area contributed by atoms with Crippen molar-refractivity contribution in [1.29, 1.82) is 0 Å². The Labute approximate surface area is 351 Å². The van der Waals surface area contributed by atoms with Gasteiger partial charge in [-0.25, -0.2) is 0 Å². The first-order valence-electron chi connectivity index (χ1n) is 21.7. The highest BCUT2D eigenvalue weighted by Crippen LogP contribution is 2.38. The molecule has 11 nitrogen and oxygen atoms in total. The number of unbranched alkanes of at least 4 members (excludes halogenated alkanes) is 7. The summed E-state index contributed by atoms with van der Waals surface area (Å²) in [6.45, 7) is 7.83. The van der Waals surface area contributed by atoms with Crippen molar-refractivity contribution < 1.29 is 51.6 Å². The van der Waals surface area contributed by atoms with Crippen LogP contribution in [0, 0.1) is 13.8 Å². The third-order valence-corrected chi connectivity index (χ3v) is 10.5. The minimum absolute atomic E-state index is 0.0559. The predicted molar refractivity (Wildman–Crippen MR) is 231 cm³/mol. The van der Waals surface area contributed by atoms with Gasteiger partial charge in [0.15, 0.2) is 6.10 Å². The average molecular weight is 836 g/mol. The number of phosphoric acid groups is 1. The number of nitrogens with zero attached hydrogens (tertiary/aromatic N) is 1. The number of ether oxygens (including phenoxy) is 2. The maximum atomic E-state index is 12.7. The number of allylic oxidation sites excluding steroid dienone is 8. The molecule has 0 aliphatic rings. The van der Waals surface area contributed by atoms with E-state index in [9.17, 15) is 24.2 Å². The summed E-state index contributed by atoms with van der Waals surface area (Å²) in [5.74, 6) is 1.26. The molecule has 332 valence electrons. The van der Waals surface area contributed by atoms with Crippen LogP contribution < -0.4 is 4.89 Å². The van der Waals surface area contributed by atoms with E-state index in [1.165, 1.54) is 11.1 Å². The topological polar surface area (TPSA) is 145 Å². The lowest BCUT2D eigenvalue weighted by Crippen LogP contribution is -2.37. The number of hydrogen-bond acceptors (Lipinski definition) is 10. The molecule has 1 rings (SSSR count). The number of hydrogen-bond donors (Lipinski definition) is 1. The molecule has 0 saturated carbocycles. The molecule has 1 unspecified atom stereocenters. The molecular weight excluding hydrogens is 757 g/mol. The van der Waals surface area contributed by atoms with Gasteiger partial charge in [-0.3, -0.25) is 14.2 Å². The highest BCUT2D eigenvalue weighted by Gasteiger charge is 2.22. The first-order chi connectivity index (χ1) is 27.6. The van der Waals surface area contributed by atoms with Crippen LogP contribution in [-0.2, 0) is 45.5 Å². The molecular formula is C46H78NO10P. The number of likely N-dealkylation sites (N-methyl/N-ethyl adjacent to an activating group) is 1. The number of esters is 2. The van der Waals surface area contributed by atoms with Crippen LogP contribution in [0.25, 0.3) is 0 Å². The van der Waals surface area contributed by atoms with Gasteiger partial charge in [-0.15, -0.1) is 0 Å². The summed E-state index contributed by atoms with van der Waals surface area (Å²) in [4.78, 5) is 37.6. The predicted octanol–water partition coefficient (Wildman–Crippen LogP) is 9.90. The van der Waals surface area contributed by atoms with Crippen molar-refractivity contribution in [2.24, 2.45) is 0 Å². The fourth-order valence-corrected chi connectivity index (χ4v) is 6.62. The Morgan fingerprint density at radius 2 is 1.28 bits per heavy atom. The lowest BCUT2D eigenvalue weighted by atomic mass is 10.0. The van der Waals surface area contributed by atoms with Crippen LogP contribution >= 0.6 is 7.82 Å². The van der Waals surface area contributed by atoms with Crippen LogP contribution in [0.4, 0.5) is 0 Å². The minimum Gasteiger partial charge on any atom is -0.756 e. The second kappa shape index (κ2) is 32.0. The lowest BCUT2D eigenvalue weighted by Gasteiger charge is -2.28. The fourth-order valence-electron chi connectivity index (χ4n) is 5.89. The zero-order valence-corrected chi connectivity index (χ0v) is 37.9. The molecule has 0 spiro atoms. The molecule has 0 radical (unpaired) electrons. The van der Waals surface area contributed by atoms with Crippen LogP contribution in [0.15, 0.2) is 53.0 Å². The summed E-state index contributed by atoms with van der Waals surface area (Å²) < 4.78 is 40.0. The number of aliphatic hydroxyl groups is 1. The molecule has 12 heteroatoms. The number of furan rings is 1. The van der Waals surface area contributed by atoms with E-state index >= 15 is 0 Å². The number of aliphatic hydroxyl groups excluding tert-OH is 1. The van der Waals surface area contributed by atoms with E-state index in [-0.39, 0.29) is 32.2 Å². The van der Waals surface area contributed by atoms with E-state index in [0.29, 0.717) is 30.3 Å². The van der Waals surface area contributed by atoms with E-state index in [0.717, 1.165) is 101 Å². The van der Waals surface area contributed by atoms with Gasteiger partial charge in [0.05, 0.1) is 33.9 Å². The lowest BCUT2D eigenvalue weighted by molar-refractivity contribution is -0.870. The number of quaternary nitrogens is 1. The molecule has 0 aliphatic heterocycles. The maximum absolute atomic E-state index is 12.7. The van der Waals surface area contributed by atoms with Crippen LogP contribution in [0.2, 0.25) is 0 Å². The molecule has 0 amide bonds. The molecule has 1 heterocycles. The van der Waals surface area contributed by atoms with E-state index in [1.807, 2.05) is 34.1 Å². The Hall–Kier alpha value is -2.79. The van der Waals surface area contributed by atoms with Gasteiger partial charge in [0.2, 0.25) is 0 Å². The van der Waals surface area contributed by atoms with Crippen molar-refractivity contribution >= 4 is 19.8 Å². The van der Waals surface area contributed by atoms with Gasteiger partial charge >= 0.3 is 11.9 Å². The number of carbonyl (C=O) groups is 2. The monoisotopic (exact) mass is 836 g/mol. The zero-order valence-electron chi connectivity index (χ0n) is 37.1. The summed E-state index contributed by atoms with van der Waals surface area (Å²) in [6, 6.07) is 0. The summed E-state index contributed by atoms with van der Waals surface area (Å²) in [5, 5.41) is 9.28. The molecule has 0 aromatic carbocycles. The number of rotatable bonds is 35. The summed E-state index contributed by atoms with van der Waals surface area (Å²) in [5.41, 5.74) is 2.55. The van der Waals surface area contributed by atoms with Gasteiger partial charge < -0.3 is 37.4 Å². The average Bonchev–Trinajstić information content (AvgIpc) is 3.42. The van der Waals surface area contributed by atoms with Crippen molar-refractivity contribution in [1.82, 2.24) is 0 Å². The molecule has 58 heavy (non-hydrogen) atoms. The first kappa shape index (κ1) is 53.2. The van der Waals surface area contributed by atoms with Crippen LogP contribution in [0.3, 0.4) is 0 Å². The molecule has 1 aromatic heterocycles. The number of carbonyl (C=O) groups excluding carboxylic acids is 2. The van der Waals surface area contributed by atoms with E-state index in [1.54, 1.807) is 0 Å². The SMILES string of the molecule is CCCc1oc(CCCCCCCCC(=O)O[C@H](COC(=O)CCC/C=C\C/C=C\C/C=C\C/C=C\CCC[C@@H](C)O)COP(=O)([O-])OCC[N+](C)(C)C)c(C)c1C. The molecule has 1 aromatic rings. The highest BCUT2D eigenvalue weighted by molar-refractivity contribution is 7.45. The Morgan fingerprint density at radius 1 is 0.741 bits per heavy atom. The third kappa shape index (κ3) is 29.4. The van der Waals surface area contributed by atoms with Gasteiger partial charge in [-0.05, 0) is 103 Å². The van der Waals surface area contributed by atoms with Crippen molar-refractivity contribution in [3.63, 3.8) is 0 Å². The van der Waals surface area contributed by atoms with Gasteiger partial charge in [-0.1, -0.05) is 81.2 Å². The zero-order chi connectivity index (χ0) is 43.1. The van der Waals surface area contributed by atoms with Crippen LogP contribution in [0.1, 0.15) is 146 Å². The maximum Gasteiger partial charge on any atom is 0.306 e. The normalized spacial score (nSPS) is 14.6. The Balaban J connectivity index is 2.41. The Morgan fingerprint density at radius 3 is 1.86 bits per heavy atom. The summed E-state index contributed by atoms with van der Waals surface area (Å²) >= 11 is 0. The quantitative estimate of drug-likeness (QED) is 0.0231. The van der Waals surface area contributed by atoms with E-state index in [2.05, 4.69) is 63.3 Å². The standard InChI is InChI=1S/C46H78NO10P/c1-8-30-43-40(3)41(4)44(57-43)32-27-23-20-21-25-29-34-46(50)56-42(38-55-58(51,52)54-36-35-47(5,6)7)37-53-45(49)33-28-24-19-17-15-13-11-9-10-12-14-16-18-22-26-31-39(2)48/h10-13,16-19,39,42,48H,8-9,14-15,20-38H2,1-7H3/b12-10-,13-11-,18-16-,19-17-/t39-,42-/m1/s1. The summed E-state index contributed by atoms with van der Waals surface area (Å²) in [6.07, 6.45) is 31.4. The number of phosphoric ester groups is 1. The van der Waals surface area contributed by atoms with Gasteiger partial charge in [-0.2, -0.15) is 0 Å². The van der Waals surface area contributed by atoms with Crippen molar-refractivity contribution in [2.45, 2.75) is 162 Å². The van der Waals surface area contributed by atoms with Crippen LogP contribution in [0.5, 0.6) is 0 Å². The minimum atomic E-state index is -4.66. The second-order valence-corrected chi connectivity index (χ2v) is 17.6. The molecule has 0 saturated heterocycles. The first-order valence-corrected chi connectivity index (χ1v) is 23.2. The molecule has 0 fully saturated rings. The largest absolute Gasteiger partial charge is 0.756 e. The van der Waals surface area contributed by atoms with Crippen molar-refractivity contribution in [3.8, 4) is 0 Å². The van der Waals surface area contributed by atoms with Gasteiger partial charge in [0.25, 0.3) is 7.82 Å². The van der Waals surface area contributed by atoms with Crippen molar-refractivity contribution in [2.75, 3.05) is 47.5 Å².